The second-order valence-corrected chi connectivity index (χ2v) is 5.41. The first kappa shape index (κ1) is 15.3. The molecule has 1 aliphatic rings. The van der Waals surface area contributed by atoms with Gasteiger partial charge in [-0.3, -0.25) is 0 Å². The van der Waals surface area contributed by atoms with Crippen LogP contribution in [0.4, 0.5) is 4.39 Å². The monoisotopic (exact) mass is 281 g/mol. The largest absolute Gasteiger partial charge is 0.492 e. The summed E-state index contributed by atoms with van der Waals surface area (Å²) in [4.78, 5) is 0. The molecule has 1 aliphatic heterocycles. The molecule has 0 aromatic heterocycles. The van der Waals surface area contributed by atoms with Gasteiger partial charge in [-0.05, 0) is 50.1 Å². The van der Waals surface area contributed by atoms with E-state index in [0.29, 0.717) is 24.1 Å². The molecular formula is C16H24FNO2. The van der Waals surface area contributed by atoms with Crippen molar-refractivity contribution in [3.63, 3.8) is 0 Å². The average Bonchev–Trinajstić information content (AvgIpc) is 2.97. The van der Waals surface area contributed by atoms with Crippen molar-refractivity contribution in [2.24, 2.45) is 5.92 Å². The second-order valence-electron chi connectivity index (χ2n) is 5.41. The molecule has 1 saturated heterocycles. The lowest BCUT2D eigenvalue weighted by molar-refractivity contribution is 0.160. The van der Waals surface area contributed by atoms with Crippen molar-refractivity contribution in [3.05, 3.63) is 29.6 Å². The van der Waals surface area contributed by atoms with E-state index in [1.165, 1.54) is 6.07 Å². The summed E-state index contributed by atoms with van der Waals surface area (Å²) in [5, 5.41) is 3.53. The third kappa shape index (κ3) is 4.18. The quantitative estimate of drug-likeness (QED) is 0.833. The van der Waals surface area contributed by atoms with Crippen LogP contribution in [0.15, 0.2) is 18.2 Å². The van der Waals surface area contributed by atoms with Gasteiger partial charge in [-0.15, -0.1) is 0 Å². The topological polar surface area (TPSA) is 30.5 Å². The predicted molar refractivity (Wildman–Crippen MR) is 77.6 cm³/mol. The summed E-state index contributed by atoms with van der Waals surface area (Å²) >= 11 is 0. The Balaban J connectivity index is 1.91. The zero-order valence-electron chi connectivity index (χ0n) is 12.3. The number of hydrogen-bond acceptors (Lipinski definition) is 3. The molecule has 1 fully saturated rings. The molecule has 2 atom stereocenters. The fraction of sp³-hybridized carbons (Fsp3) is 0.625. The molecule has 1 aromatic rings. The lowest BCUT2D eigenvalue weighted by atomic mass is 9.99. The molecule has 1 N–H and O–H groups in total. The molecule has 0 saturated carbocycles. The third-order valence-corrected chi connectivity index (χ3v) is 3.75. The molecule has 0 radical (unpaired) electrons. The van der Waals surface area contributed by atoms with Crippen molar-refractivity contribution in [2.45, 2.75) is 32.7 Å². The Morgan fingerprint density at radius 1 is 1.50 bits per heavy atom. The smallest absolute Gasteiger partial charge is 0.126 e. The van der Waals surface area contributed by atoms with Crippen LogP contribution in [0.25, 0.3) is 0 Å². The Kier molecular flexibility index (Phi) is 5.80. The van der Waals surface area contributed by atoms with Crippen LogP contribution >= 0.6 is 0 Å². The van der Waals surface area contributed by atoms with Gasteiger partial charge in [0.2, 0.25) is 0 Å². The number of benzene rings is 1. The minimum absolute atomic E-state index is 0.192. The fourth-order valence-electron chi connectivity index (χ4n) is 2.45. The van der Waals surface area contributed by atoms with Gasteiger partial charge in [-0.1, -0.05) is 6.92 Å². The van der Waals surface area contributed by atoms with E-state index in [0.717, 1.165) is 38.3 Å². The number of aryl methyl sites for hydroxylation is 1. The molecule has 2 rings (SSSR count). The van der Waals surface area contributed by atoms with E-state index in [-0.39, 0.29) is 5.82 Å². The third-order valence-electron chi connectivity index (χ3n) is 3.75. The Bertz CT molecular complexity index is 419. The maximum absolute atomic E-state index is 13.2. The van der Waals surface area contributed by atoms with Crippen LogP contribution in [-0.4, -0.2) is 32.4 Å². The van der Waals surface area contributed by atoms with Gasteiger partial charge in [0.25, 0.3) is 0 Å². The van der Waals surface area contributed by atoms with Crippen LogP contribution < -0.4 is 10.1 Å². The average molecular weight is 281 g/mol. The molecule has 4 heteroatoms. The Hall–Kier alpha value is -1.13. The Labute approximate surface area is 120 Å². The van der Waals surface area contributed by atoms with Crippen molar-refractivity contribution in [3.8, 4) is 5.75 Å². The molecule has 2 unspecified atom stereocenters. The highest BCUT2D eigenvalue weighted by molar-refractivity contribution is 5.28. The Morgan fingerprint density at radius 3 is 3.00 bits per heavy atom. The SMILES string of the molecule is CCCNC(COc1ccc(F)c(C)c1)C1CCOC1. The van der Waals surface area contributed by atoms with E-state index < -0.39 is 0 Å². The minimum Gasteiger partial charge on any atom is -0.492 e. The van der Waals surface area contributed by atoms with E-state index >= 15 is 0 Å². The molecular weight excluding hydrogens is 257 g/mol. The number of nitrogens with one attached hydrogen (secondary N) is 1. The first-order chi connectivity index (χ1) is 9.70. The molecule has 0 aliphatic carbocycles. The highest BCUT2D eigenvalue weighted by atomic mass is 19.1. The number of hydrogen-bond donors (Lipinski definition) is 1. The summed E-state index contributed by atoms with van der Waals surface area (Å²) in [5.74, 6) is 1.04. The van der Waals surface area contributed by atoms with Gasteiger partial charge in [0.1, 0.15) is 18.2 Å². The van der Waals surface area contributed by atoms with Crippen LogP contribution in [0.1, 0.15) is 25.3 Å². The first-order valence-electron chi connectivity index (χ1n) is 7.40. The maximum Gasteiger partial charge on any atom is 0.126 e. The van der Waals surface area contributed by atoms with E-state index in [9.17, 15) is 4.39 Å². The summed E-state index contributed by atoms with van der Waals surface area (Å²) in [6.45, 7) is 7.11. The standard InChI is InChI=1S/C16H24FNO2/c1-3-7-18-16(13-6-8-19-10-13)11-20-14-4-5-15(17)12(2)9-14/h4-5,9,13,16,18H,3,6-8,10-11H2,1-2H3. The van der Waals surface area contributed by atoms with Gasteiger partial charge >= 0.3 is 0 Å². The lowest BCUT2D eigenvalue weighted by Gasteiger charge is -2.24. The highest BCUT2D eigenvalue weighted by Gasteiger charge is 2.25. The van der Waals surface area contributed by atoms with Crippen molar-refractivity contribution in [1.82, 2.24) is 5.32 Å². The van der Waals surface area contributed by atoms with Gasteiger partial charge in [0.05, 0.1) is 6.61 Å². The molecule has 112 valence electrons. The minimum atomic E-state index is -0.192. The molecule has 0 spiro atoms. The van der Waals surface area contributed by atoms with Crippen LogP contribution in [0, 0.1) is 18.7 Å². The van der Waals surface area contributed by atoms with Gasteiger partial charge in [-0.2, -0.15) is 0 Å². The number of halogens is 1. The van der Waals surface area contributed by atoms with Gasteiger partial charge in [0.15, 0.2) is 0 Å². The zero-order chi connectivity index (χ0) is 14.4. The van der Waals surface area contributed by atoms with E-state index in [1.54, 1.807) is 19.1 Å². The van der Waals surface area contributed by atoms with Gasteiger partial charge in [-0.25, -0.2) is 4.39 Å². The summed E-state index contributed by atoms with van der Waals surface area (Å²) in [6.07, 6.45) is 2.17. The van der Waals surface area contributed by atoms with E-state index in [1.807, 2.05) is 0 Å². The van der Waals surface area contributed by atoms with Crippen LogP contribution in [-0.2, 0) is 4.74 Å². The number of ether oxygens (including phenoxy) is 2. The Morgan fingerprint density at radius 2 is 2.35 bits per heavy atom. The zero-order valence-corrected chi connectivity index (χ0v) is 12.3. The lowest BCUT2D eigenvalue weighted by Crippen LogP contribution is -2.41. The normalized spacial score (nSPS) is 20.1. The molecule has 0 bridgehead atoms. The van der Waals surface area contributed by atoms with Crippen molar-refractivity contribution in [1.29, 1.82) is 0 Å². The fourth-order valence-corrected chi connectivity index (χ4v) is 2.45. The maximum atomic E-state index is 13.2. The summed E-state index contributed by atoms with van der Waals surface area (Å²) in [5.41, 5.74) is 0.616. The van der Waals surface area contributed by atoms with Gasteiger partial charge in [0, 0.05) is 18.6 Å². The second kappa shape index (κ2) is 7.60. The first-order valence-corrected chi connectivity index (χ1v) is 7.40. The van der Waals surface area contributed by atoms with Gasteiger partial charge < -0.3 is 14.8 Å². The predicted octanol–water partition coefficient (Wildman–Crippen LogP) is 2.92. The van der Waals surface area contributed by atoms with Crippen molar-refractivity contribution >= 4 is 0 Å². The highest BCUT2D eigenvalue weighted by Crippen LogP contribution is 2.20. The van der Waals surface area contributed by atoms with Crippen LogP contribution in [0.3, 0.4) is 0 Å². The summed E-state index contributed by atoms with van der Waals surface area (Å²) in [6, 6.07) is 5.18. The van der Waals surface area contributed by atoms with E-state index in [2.05, 4.69) is 12.2 Å². The molecule has 0 amide bonds. The van der Waals surface area contributed by atoms with Crippen LogP contribution in [0.5, 0.6) is 5.75 Å². The molecule has 3 nitrogen and oxygen atoms in total. The summed E-state index contributed by atoms with van der Waals surface area (Å²) < 4.78 is 24.5. The molecule has 1 aromatic carbocycles. The van der Waals surface area contributed by atoms with E-state index in [4.69, 9.17) is 9.47 Å². The molecule has 1 heterocycles. The number of rotatable bonds is 7. The van der Waals surface area contributed by atoms with Crippen molar-refractivity contribution in [2.75, 3.05) is 26.4 Å². The summed E-state index contributed by atoms with van der Waals surface area (Å²) in [7, 11) is 0. The van der Waals surface area contributed by atoms with Crippen LogP contribution in [0.2, 0.25) is 0 Å². The molecule has 20 heavy (non-hydrogen) atoms. The van der Waals surface area contributed by atoms with Crippen molar-refractivity contribution < 1.29 is 13.9 Å².